The molecule has 2 aliphatic heterocycles. The summed E-state index contributed by atoms with van der Waals surface area (Å²) in [5, 5.41) is 14.6. The first-order chi connectivity index (χ1) is 11.8. The smallest absolute Gasteiger partial charge is 0.151 e. The molecule has 6 heteroatoms. The number of likely N-dealkylation sites (tertiary alicyclic amines) is 2. The second-order valence-electron chi connectivity index (χ2n) is 6.85. The minimum Gasteiger partial charge on any atom is -0.390 e. The molecule has 4 rings (SSSR count). The summed E-state index contributed by atoms with van der Waals surface area (Å²) in [4.78, 5) is 8.83. The first kappa shape index (κ1) is 15.7. The number of pyridine rings is 1. The maximum atomic E-state index is 10.4. The molecule has 0 aliphatic carbocycles. The van der Waals surface area contributed by atoms with Gasteiger partial charge in [-0.05, 0) is 38.1 Å². The Kier molecular flexibility index (Phi) is 4.60. The lowest BCUT2D eigenvalue weighted by Gasteiger charge is -2.33. The topological polar surface area (TPSA) is 65.6 Å². The molecule has 2 saturated heterocycles. The molecule has 1 N–H and O–H groups in total. The van der Waals surface area contributed by atoms with E-state index in [2.05, 4.69) is 19.9 Å². The fourth-order valence-corrected chi connectivity index (χ4v) is 3.84. The molecule has 0 aromatic carbocycles. The molecular formula is C18H24N4O2. The molecule has 2 fully saturated rings. The standard InChI is InChI=1S/C18H24N4O2/c23-18-13-21(12-17(18)22-7-2-1-3-8-22)11-15-9-16(20-24-15)14-5-4-6-19-10-14/h4-6,9-10,17-18,23H,1-3,7-8,11-13H2/t17-,18-/m0/s1. The Morgan fingerprint density at radius 3 is 2.88 bits per heavy atom. The molecule has 0 saturated carbocycles. The Morgan fingerprint density at radius 1 is 1.21 bits per heavy atom. The molecule has 2 aromatic rings. The van der Waals surface area contributed by atoms with Crippen molar-refractivity contribution in [1.29, 1.82) is 0 Å². The minimum atomic E-state index is -0.274. The van der Waals surface area contributed by atoms with Crippen molar-refractivity contribution in [3.8, 4) is 11.3 Å². The average Bonchev–Trinajstić information content (AvgIpc) is 3.23. The van der Waals surface area contributed by atoms with Gasteiger partial charge in [0.25, 0.3) is 0 Å². The first-order valence-corrected chi connectivity index (χ1v) is 8.80. The Balaban J connectivity index is 1.38. The second kappa shape index (κ2) is 7.01. The van der Waals surface area contributed by atoms with Crippen molar-refractivity contribution in [3.05, 3.63) is 36.4 Å². The quantitative estimate of drug-likeness (QED) is 0.923. The van der Waals surface area contributed by atoms with Gasteiger partial charge in [-0.1, -0.05) is 11.6 Å². The van der Waals surface area contributed by atoms with E-state index in [9.17, 15) is 5.11 Å². The van der Waals surface area contributed by atoms with E-state index < -0.39 is 0 Å². The van der Waals surface area contributed by atoms with Gasteiger partial charge in [0.05, 0.1) is 12.6 Å². The van der Waals surface area contributed by atoms with Crippen molar-refractivity contribution in [1.82, 2.24) is 19.9 Å². The number of aliphatic hydroxyl groups excluding tert-OH is 1. The molecule has 2 aromatic heterocycles. The van der Waals surface area contributed by atoms with Crippen molar-refractivity contribution in [2.24, 2.45) is 0 Å². The van der Waals surface area contributed by atoms with Crippen LogP contribution in [0.1, 0.15) is 25.0 Å². The van der Waals surface area contributed by atoms with E-state index in [4.69, 9.17) is 4.52 Å². The number of rotatable bonds is 4. The van der Waals surface area contributed by atoms with Gasteiger partial charge in [0.2, 0.25) is 0 Å². The maximum absolute atomic E-state index is 10.4. The SMILES string of the molecule is O[C@H]1CN(Cc2cc(-c3cccnc3)no2)C[C@@H]1N1CCCCC1. The third-order valence-electron chi connectivity index (χ3n) is 5.09. The summed E-state index contributed by atoms with van der Waals surface area (Å²) >= 11 is 0. The van der Waals surface area contributed by atoms with E-state index in [0.29, 0.717) is 13.1 Å². The van der Waals surface area contributed by atoms with E-state index in [1.807, 2.05) is 18.2 Å². The number of β-amino-alcohol motifs (C(OH)–C–C–N with tert-alkyl or cyclic N) is 1. The van der Waals surface area contributed by atoms with Gasteiger partial charge in [0.1, 0.15) is 5.69 Å². The van der Waals surface area contributed by atoms with Crippen molar-refractivity contribution < 1.29 is 9.63 Å². The number of piperidine rings is 1. The highest BCUT2D eigenvalue weighted by atomic mass is 16.5. The maximum Gasteiger partial charge on any atom is 0.151 e. The van der Waals surface area contributed by atoms with Gasteiger partial charge in [-0.15, -0.1) is 0 Å². The largest absolute Gasteiger partial charge is 0.390 e. The van der Waals surface area contributed by atoms with Crippen LogP contribution >= 0.6 is 0 Å². The Labute approximate surface area is 142 Å². The van der Waals surface area contributed by atoms with E-state index in [0.717, 1.165) is 36.7 Å². The molecular weight excluding hydrogens is 304 g/mol. The van der Waals surface area contributed by atoms with Gasteiger partial charge < -0.3 is 9.63 Å². The van der Waals surface area contributed by atoms with Crippen LogP contribution in [-0.2, 0) is 6.54 Å². The average molecular weight is 328 g/mol. The molecule has 2 aliphatic rings. The van der Waals surface area contributed by atoms with Gasteiger partial charge >= 0.3 is 0 Å². The summed E-state index contributed by atoms with van der Waals surface area (Å²) in [6.45, 7) is 4.51. The molecule has 128 valence electrons. The molecule has 6 nitrogen and oxygen atoms in total. The van der Waals surface area contributed by atoms with Gasteiger partial charge in [0, 0.05) is 43.2 Å². The zero-order valence-electron chi connectivity index (χ0n) is 13.8. The lowest BCUT2D eigenvalue weighted by Crippen LogP contribution is -2.45. The molecule has 2 atom stereocenters. The van der Waals surface area contributed by atoms with Crippen LogP contribution < -0.4 is 0 Å². The Hall–Kier alpha value is -1.76. The van der Waals surface area contributed by atoms with Crippen LogP contribution in [0, 0.1) is 0 Å². The molecule has 0 radical (unpaired) electrons. The van der Waals surface area contributed by atoms with E-state index in [-0.39, 0.29) is 12.1 Å². The van der Waals surface area contributed by atoms with E-state index in [1.54, 1.807) is 12.4 Å². The molecule has 0 amide bonds. The molecule has 24 heavy (non-hydrogen) atoms. The zero-order valence-corrected chi connectivity index (χ0v) is 13.8. The van der Waals surface area contributed by atoms with E-state index >= 15 is 0 Å². The highest BCUT2D eigenvalue weighted by Crippen LogP contribution is 2.24. The van der Waals surface area contributed by atoms with Gasteiger partial charge in [-0.25, -0.2) is 0 Å². The van der Waals surface area contributed by atoms with E-state index in [1.165, 1.54) is 19.3 Å². The zero-order chi connectivity index (χ0) is 16.4. The summed E-state index contributed by atoms with van der Waals surface area (Å²) < 4.78 is 5.48. The lowest BCUT2D eigenvalue weighted by atomic mass is 10.1. The Bertz CT molecular complexity index is 654. The van der Waals surface area contributed by atoms with Crippen molar-refractivity contribution >= 4 is 0 Å². The van der Waals surface area contributed by atoms with Crippen LogP contribution in [0.2, 0.25) is 0 Å². The third-order valence-corrected chi connectivity index (χ3v) is 5.09. The molecule has 0 bridgehead atoms. The second-order valence-corrected chi connectivity index (χ2v) is 6.85. The van der Waals surface area contributed by atoms with Crippen molar-refractivity contribution in [2.45, 2.75) is 38.0 Å². The predicted molar refractivity (Wildman–Crippen MR) is 90.2 cm³/mol. The predicted octanol–water partition coefficient (Wildman–Crippen LogP) is 1.77. The third kappa shape index (κ3) is 3.36. The number of aliphatic hydroxyl groups is 1. The highest BCUT2D eigenvalue weighted by Gasteiger charge is 2.36. The number of nitrogens with zero attached hydrogens (tertiary/aromatic N) is 4. The number of hydrogen-bond donors (Lipinski definition) is 1. The summed E-state index contributed by atoms with van der Waals surface area (Å²) in [5.41, 5.74) is 1.77. The molecule has 0 spiro atoms. The van der Waals surface area contributed by atoms with Gasteiger partial charge in [0.15, 0.2) is 5.76 Å². The summed E-state index contributed by atoms with van der Waals surface area (Å²) in [7, 11) is 0. The molecule has 4 heterocycles. The van der Waals surface area contributed by atoms with Crippen molar-refractivity contribution in [2.75, 3.05) is 26.2 Å². The molecule has 0 unspecified atom stereocenters. The summed E-state index contributed by atoms with van der Waals surface area (Å²) in [5.74, 6) is 0.834. The minimum absolute atomic E-state index is 0.256. The summed E-state index contributed by atoms with van der Waals surface area (Å²) in [6.07, 6.45) is 7.08. The van der Waals surface area contributed by atoms with Gasteiger partial charge in [-0.3, -0.25) is 14.8 Å². The first-order valence-electron chi connectivity index (χ1n) is 8.80. The number of hydrogen-bond acceptors (Lipinski definition) is 6. The monoisotopic (exact) mass is 328 g/mol. The normalized spacial score (nSPS) is 26.0. The van der Waals surface area contributed by atoms with Crippen LogP contribution in [0.25, 0.3) is 11.3 Å². The van der Waals surface area contributed by atoms with Crippen LogP contribution in [-0.4, -0.2) is 63.4 Å². The van der Waals surface area contributed by atoms with Crippen LogP contribution in [0.15, 0.2) is 35.1 Å². The Morgan fingerprint density at radius 2 is 2.08 bits per heavy atom. The lowest BCUT2D eigenvalue weighted by molar-refractivity contribution is 0.0705. The fourth-order valence-electron chi connectivity index (χ4n) is 3.84. The van der Waals surface area contributed by atoms with Crippen LogP contribution in [0.5, 0.6) is 0 Å². The van der Waals surface area contributed by atoms with Gasteiger partial charge in [-0.2, -0.15) is 0 Å². The highest BCUT2D eigenvalue weighted by molar-refractivity contribution is 5.57. The number of aromatic nitrogens is 2. The fraction of sp³-hybridized carbons (Fsp3) is 0.556. The van der Waals surface area contributed by atoms with Crippen LogP contribution in [0.3, 0.4) is 0 Å². The van der Waals surface area contributed by atoms with Crippen molar-refractivity contribution in [3.63, 3.8) is 0 Å². The van der Waals surface area contributed by atoms with Crippen LogP contribution in [0.4, 0.5) is 0 Å². The summed E-state index contributed by atoms with van der Waals surface area (Å²) in [6, 6.07) is 6.09.